The molecular formula is C54H33NO2. The van der Waals surface area contributed by atoms with E-state index < -0.39 is 0 Å². The van der Waals surface area contributed by atoms with Crippen molar-refractivity contribution in [2.24, 2.45) is 0 Å². The highest BCUT2D eigenvalue weighted by Gasteiger charge is 2.24. The van der Waals surface area contributed by atoms with Gasteiger partial charge in [0.25, 0.3) is 0 Å². The highest BCUT2D eigenvalue weighted by molar-refractivity contribution is 6.18. The van der Waals surface area contributed by atoms with Crippen molar-refractivity contribution in [1.29, 1.82) is 0 Å². The van der Waals surface area contributed by atoms with E-state index in [9.17, 15) is 0 Å². The van der Waals surface area contributed by atoms with Crippen LogP contribution in [0.4, 0.5) is 17.1 Å². The molecule has 0 saturated carbocycles. The monoisotopic (exact) mass is 727 g/mol. The lowest BCUT2D eigenvalue weighted by molar-refractivity contribution is 0.669. The van der Waals surface area contributed by atoms with Crippen molar-refractivity contribution in [3.05, 3.63) is 200 Å². The number of benzene rings is 10. The standard InChI is InChI=1S/C54H33NO2/c1-2-14-36-33-52-47(31-35(36)13-1)53-44(21-12-26-51(53)56-52)42-19-7-9-23-48(42)55(49-24-11-22-45-43-20-8-10-25-50(43)57-54(45)49)38-29-27-34(28-30-38)46-32-37-15-3-4-16-39(37)40-17-5-6-18-41(40)46/h1-33H. The van der Waals surface area contributed by atoms with E-state index in [1.165, 1.54) is 32.5 Å². The summed E-state index contributed by atoms with van der Waals surface area (Å²) in [6.45, 7) is 0. The Balaban J connectivity index is 1.10. The van der Waals surface area contributed by atoms with E-state index in [2.05, 4.69) is 199 Å². The second-order valence-electron chi connectivity index (χ2n) is 14.8. The molecule has 0 saturated heterocycles. The van der Waals surface area contributed by atoms with E-state index in [1.54, 1.807) is 0 Å². The molecule has 12 aromatic rings. The summed E-state index contributed by atoms with van der Waals surface area (Å²) in [5.41, 5.74) is 11.1. The van der Waals surface area contributed by atoms with Crippen LogP contribution in [0.5, 0.6) is 0 Å². The molecule has 0 spiro atoms. The summed E-state index contributed by atoms with van der Waals surface area (Å²) < 4.78 is 13.3. The Morgan fingerprint density at radius 3 is 1.79 bits per heavy atom. The minimum Gasteiger partial charge on any atom is -0.456 e. The molecule has 3 heteroatoms. The fourth-order valence-corrected chi connectivity index (χ4v) is 9.03. The van der Waals surface area contributed by atoms with Gasteiger partial charge in [0.05, 0.1) is 11.4 Å². The third kappa shape index (κ3) is 4.92. The summed E-state index contributed by atoms with van der Waals surface area (Å²) in [5, 5.41) is 11.7. The molecule has 57 heavy (non-hydrogen) atoms. The normalized spacial score (nSPS) is 11.9. The summed E-state index contributed by atoms with van der Waals surface area (Å²) in [6, 6.07) is 71.5. The van der Waals surface area contributed by atoms with Gasteiger partial charge in [0.1, 0.15) is 16.7 Å². The maximum Gasteiger partial charge on any atom is 0.159 e. The molecule has 3 nitrogen and oxygen atoms in total. The molecule has 2 aromatic heterocycles. The topological polar surface area (TPSA) is 29.5 Å². The van der Waals surface area contributed by atoms with Gasteiger partial charge in [-0.05, 0) is 104 Å². The van der Waals surface area contributed by atoms with Gasteiger partial charge in [-0.25, -0.2) is 0 Å². The van der Waals surface area contributed by atoms with Gasteiger partial charge in [0.15, 0.2) is 5.58 Å². The molecule has 0 atom stereocenters. The summed E-state index contributed by atoms with van der Waals surface area (Å²) >= 11 is 0. The predicted octanol–water partition coefficient (Wildman–Crippen LogP) is 15.7. The summed E-state index contributed by atoms with van der Waals surface area (Å²) in [6.07, 6.45) is 0. The number of hydrogen-bond donors (Lipinski definition) is 0. The largest absolute Gasteiger partial charge is 0.456 e. The number of para-hydroxylation sites is 3. The molecule has 0 fully saturated rings. The molecule has 0 aliphatic heterocycles. The minimum absolute atomic E-state index is 0.844. The number of anilines is 3. The SMILES string of the molecule is c1ccc(N(c2ccc(-c3cc4ccccc4c4ccccc34)cc2)c2cccc3c2oc2ccccc23)c(-c2cccc3oc4cc5ccccc5cc4c23)c1. The van der Waals surface area contributed by atoms with Crippen LogP contribution in [-0.4, -0.2) is 0 Å². The highest BCUT2D eigenvalue weighted by Crippen LogP contribution is 2.48. The van der Waals surface area contributed by atoms with Gasteiger partial charge in [0.2, 0.25) is 0 Å². The van der Waals surface area contributed by atoms with Gasteiger partial charge in [0, 0.05) is 32.8 Å². The molecular weight excluding hydrogens is 695 g/mol. The smallest absolute Gasteiger partial charge is 0.159 e. The molecule has 0 amide bonds. The molecule has 2 heterocycles. The van der Waals surface area contributed by atoms with Gasteiger partial charge < -0.3 is 13.7 Å². The molecule has 12 rings (SSSR count). The average Bonchev–Trinajstić information content (AvgIpc) is 3.84. The van der Waals surface area contributed by atoms with E-state index in [1.807, 2.05) is 6.07 Å². The Bertz CT molecular complexity index is 3530. The molecule has 0 bridgehead atoms. The Kier molecular flexibility index (Phi) is 6.93. The zero-order valence-corrected chi connectivity index (χ0v) is 30.8. The van der Waals surface area contributed by atoms with Crippen LogP contribution in [0.1, 0.15) is 0 Å². The first kappa shape index (κ1) is 31.7. The van der Waals surface area contributed by atoms with Crippen LogP contribution < -0.4 is 4.90 Å². The van der Waals surface area contributed by atoms with Crippen molar-refractivity contribution in [1.82, 2.24) is 0 Å². The number of nitrogens with zero attached hydrogens (tertiary/aromatic N) is 1. The summed E-state index contributed by atoms with van der Waals surface area (Å²) in [7, 11) is 0. The zero-order chi connectivity index (χ0) is 37.5. The number of rotatable bonds is 5. The lowest BCUT2D eigenvalue weighted by Crippen LogP contribution is -2.11. The molecule has 0 unspecified atom stereocenters. The van der Waals surface area contributed by atoms with Gasteiger partial charge >= 0.3 is 0 Å². The molecule has 0 aliphatic carbocycles. The molecule has 266 valence electrons. The second-order valence-corrected chi connectivity index (χ2v) is 14.8. The third-order valence-electron chi connectivity index (χ3n) is 11.6. The third-order valence-corrected chi connectivity index (χ3v) is 11.6. The predicted molar refractivity (Wildman–Crippen MR) is 239 cm³/mol. The highest BCUT2D eigenvalue weighted by atomic mass is 16.3. The van der Waals surface area contributed by atoms with E-state index in [0.717, 1.165) is 83.0 Å². The van der Waals surface area contributed by atoms with Gasteiger partial charge in [-0.15, -0.1) is 0 Å². The first-order valence-corrected chi connectivity index (χ1v) is 19.4. The van der Waals surface area contributed by atoms with Crippen LogP contribution in [-0.2, 0) is 0 Å². The number of fused-ring (bicyclic) bond motifs is 10. The van der Waals surface area contributed by atoms with Crippen LogP contribution in [0.15, 0.2) is 209 Å². The first-order chi connectivity index (χ1) is 28.3. The van der Waals surface area contributed by atoms with Crippen LogP contribution in [0, 0.1) is 0 Å². The van der Waals surface area contributed by atoms with Crippen LogP contribution in [0.2, 0.25) is 0 Å². The fourth-order valence-electron chi connectivity index (χ4n) is 9.03. The van der Waals surface area contributed by atoms with Gasteiger partial charge in [-0.3, -0.25) is 0 Å². The van der Waals surface area contributed by atoms with Crippen molar-refractivity contribution in [2.45, 2.75) is 0 Å². The Labute approximate surface area is 328 Å². The van der Waals surface area contributed by atoms with Crippen molar-refractivity contribution < 1.29 is 8.83 Å². The summed E-state index contributed by atoms with van der Waals surface area (Å²) in [4.78, 5) is 2.36. The lowest BCUT2D eigenvalue weighted by atomic mass is 9.93. The van der Waals surface area contributed by atoms with Crippen molar-refractivity contribution in [3.63, 3.8) is 0 Å². The number of furan rings is 2. The van der Waals surface area contributed by atoms with E-state index in [4.69, 9.17) is 8.83 Å². The van der Waals surface area contributed by atoms with Crippen LogP contribution >= 0.6 is 0 Å². The quantitative estimate of drug-likeness (QED) is 0.165. The maximum atomic E-state index is 6.73. The Morgan fingerprint density at radius 1 is 0.316 bits per heavy atom. The average molecular weight is 728 g/mol. The molecule has 0 N–H and O–H groups in total. The zero-order valence-electron chi connectivity index (χ0n) is 30.8. The lowest BCUT2D eigenvalue weighted by Gasteiger charge is -2.28. The van der Waals surface area contributed by atoms with E-state index in [-0.39, 0.29) is 0 Å². The molecule has 10 aromatic carbocycles. The van der Waals surface area contributed by atoms with Crippen LogP contribution in [0.25, 0.3) is 98.4 Å². The van der Waals surface area contributed by atoms with Crippen LogP contribution in [0.3, 0.4) is 0 Å². The molecule has 0 aliphatic rings. The fraction of sp³-hybridized carbons (Fsp3) is 0. The Hall–Kier alpha value is -7.62. The van der Waals surface area contributed by atoms with E-state index in [0.29, 0.717) is 0 Å². The number of hydrogen-bond acceptors (Lipinski definition) is 3. The summed E-state index contributed by atoms with van der Waals surface area (Å²) in [5.74, 6) is 0. The maximum absolute atomic E-state index is 6.73. The van der Waals surface area contributed by atoms with E-state index >= 15 is 0 Å². The Morgan fingerprint density at radius 2 is 0.930 bits per heavy atom. The van der Waals surface area contributed by atoms with Gasteiger partial charge in [-0.1, -0.05) is 146 Å². The van der Waals surface area contributed by atoms with Crippen molar-refractivity contribution in [3.8, 4) is 22.3 Å². The minimum atomic E-state index is 0.844. The van der Waals surface area contributed by atoms with Gasteiger partial charge in [-0.2, -0.15) is 0 Å². The van der Waals surface area contributed by atoms with Crippen molar-refractivity contribution in [2.75, 3.05) is 4.90 Å². The second kappa shape index (κ2) is 12.5. The molecule has 0 radical (unpaired) electrons. The van der Waals surface area contributed by atoms with Crippen molar-refractivity contribution >= 4 is 93.3 Å². The first-order valence-electron chi connectivity index (χ1n) is 19.4.